The fraction of sp³-hybridized carbons (Fsp3) is 0.409. The van der Waals surface area contributed by atoms with Crippen LogP contribution in [0.2, 0.25) is 0 Å². The molecule has 1 fully saturated rings. The Bertz CT molecular complexity index is 966. The summed E-state index contributed by atoms with van der Waals surface area (Å²) in [6.45, 7) is 3.69. The van der Waals surface area contributed by atoms with Crippen LogP contribution in [0.4, 0.5) is 0 Å². The number of benzene rings is 1. The summed E-state index contributed by atoms with van der Waals surface area (Å²) in [5.41, 5.74) is 2.80. The molecular weight excluding hydrogens is 366 g/mol. The Hall–Kier alpha value is -2.77. The monoisotopic (exact) mass is 393 g/mol. The summed E-state index contributed by atoms with van der Waals surface area (Å²) < 4.78 is 7.35. The molecule has 3 aromatic rings. The highest BCUT2D eigenvalue weighted by Gasteiger charge is 2.19. The van der Waals surface area contributed by atoms with Crippen molar-refractivity contribution < 1.29 is 4.74 Å². The van der Waals surface area contributed by atoms with Gasteiger partial charge in [0.05, 0.1) is 11.8 Å². The highest BCUT2D eigenvalue weighted by molar-refractivity contribution is 5.55. The van der Waals surface area contributed by atoms with Gasteiger partial charge in [-0.25, -0.2) is 4.98 Å². The SMILES string of the molecule is CO[C@@H]1CCCN(Cc2ccc(-c3nc(CCn4cccn4)cc(=O)[nH]3)cc2)C1. The summed E-state index contributed by atoms with van der Waals surface area (Å²) >= 11 is 0. The fourth-order valence-electron chi connectivity index (χ4n) is 3.81. The summed E-state index contributed by atoms with van der Waals surface area (Å²) in [4.78, 5) is 22.0. The second kappa shape index (κ2) is 9.15. The standard InChI is InChI=1S/C22H27N5O2/c1-29-20-4-2-11-26(16-20)15-17-5-7-18(8-6-17)22-24-19(14-21(28)25-22)9-13-27-12-3-10-23-27/h3,5-8,10,12,14,20H,2,4,9,11,13,15-16H2,1H3,(H,24,25,28)/t20-/m1/s1. The maximum atomic E-state index is 12.1. The second-order valence-corrected chi connectivity index (χ2v) is 7.54. The number of piperidine rings is 1. The van der Waals surface area contributed by atoms with Gasteiger partial charge in [-0.1, -0.05) is 24.3 Å². The lowest BCUT2D eigenvalue weighted by Crippen LogP contribution is -2.38. The van der Waals surface area contributed by atoms with E-state index < -0.39 is 0 Å². The predicted molar refractivity (Wildman–Crippen MR) is 112 cm³/mol. The molecule has 0 radical (unpaired) electrons. The van der Waals surface area contributed by atoms with Crippen LogP contribution in [-0.2, 0) is 24.2 Å². The van der Waals surface area contributed by atoms with Gasteiger partial charge >= 0.3 is 0 Å². The molecule has 3 heterocycles. The third-order valence-electron chi connectivity index (χ3n) is 5.38. The first-order valence-corrected chi connectivity index (χ1v) is 10.1. The lowest BCUT2D eigenvalue weighted by Gasteiger charge is -2.31. The zero-order valence-electron chi connectivity index (χ0n) is 16.8. The van der Waals surface area contributed by atoms with Crippen molar-refractivity contribution in [3.8, 4) is 11.4 Å². The third kappa shape index (κ3) is 5.19. The van der Waals surface area contributed by atoms with Gasteiger partial charge in [-0.2, -0.15) is 5.10 Å². The molecule has 7 heteroatoms. The minimum Gasteiger partial charge on any atom is -0.380 e. The van der Waals surface area contributed by atoms with Crippen molar-refractivity contribution in [2.24, 2.45) is 0 Å². The summed E-state index contributed by atoms with van der Waals surface area (Å²) in [6.07, 6.45) is 6.96. The topological polar surface area (TPSA) is 76.0 Å². The number of aryl methyl sites for hydroxylation is 2. The summed E-state index contributed by atoms with van der Waals surface area (Å²) in [5, 5.41) is 4.19. The van der Waals surface area contributed by atoms with Crippen molar-refractivity contribution in [2.45, 2.75) is 38.5 Å². The van der Waals surface area contributed by atoms with Crippen molar-refractivity contribution in [3.63, 3.8) is 0 Å². The van der Waals surface area contributed by atoms with Gasteiger partial charge in [0.1, 0.15) is 5.82 Å². The van der Waals surface area contributed by atoms with Crippen molar-refractivity contribution in [1.82, 2.24) is 24.6 Å². The average molecular weight is 393 g/mol. The summed E-state index contributed by atoms with van der Waals surface area (Å²) in [7, 11) is 1.79. The van der Waals surface area contributed by atoms with Crippen molar-refractivity contribution in [3.05, 3.63) is 70.4 Å². The van der Waals surface area contributed by atoms with E-state index in [2.05, 4.69) is 32.1 Å². The van der Waals surface area contributed by atoms with Crippen molar-refractivity contribution in [2.75, 3.05) is 20.2 Å². The van der Waals surface area contributed by atoms with E-state index >= 15 is 0 Å². The smallest absolute Gasteiger partial charge is 0.251 e. The average Bonchev–Trinajstić information content (AvgIpc) is 3.26. The molecule has 0 aliphatic carbocycles. The molecule has 1 aromatic carbocycles. The van der Waals surface area contributed by atoms with E-state index in [1.807, 2.05) is 29.1 Å². The lowest BCUT2D eigenvalue weighted by atomic mass is 10.1. The molecule has 0 spiro atoms. The van der Waals surface area contributed by atoms with Crippen LogP contribution >= 0.6 is 0 Å². The van der Waals surface area contributed by atoms with E-state index in [0.29, 0.717) is 24.9 Å². The Morgan fingerprint density at radius 3 is 2.90 bits per heavy atom. The van der Waals surface area contributed by atoms with Gasteiger partial charge < -0.3 is 9.72 Å². The van der Waals surface area contributed by atoms with Crippen LogP contribution in [0.5, 0.6) is 0 Å². The van der Waals surface area contributed by atoms with Crippen LogP contribution in [-0.4, -0.2) is 51.0 Å². The number of nitrogens with zero attached hydrogens (tertiary/aromatic N) is 4. The first kappa shape index (κ1) is 19.5. The molecule has 1 N–H and O–H groups in total. The molecular formula is C22H27N5O2. The Labute approximate surface area is 170 Å². The lowest BCUT2D eigenvalue weighted by molar-refractivity contribution is 0.0285. The number of hydrogen-bond acceptors (Lipinski definition) is 5. The number of likely N-dealkylation sites (tertiary alicyclic amines) is 1. The second-order valence-electron chi connectivity index (χ2n) is 7.54. The van der Waals surface area contributed by atoms with Crippen molar-refractivity contribution >= 4 is 0 Å². The van der Waals surface area contributed by atoms with Gasteiger partial charge in [0.15, 0.2) is 0 Å². The Balaban J connectivity index is 1.43. The van der Waals surface area contributed by atoms with Crippen molar-refractivity contribution in [1.29, 1.82) is 0 Å². The molecule has 4 rings (SSSR count). The molecule has 0 saturated carbocycles. The van der Waals surface area contributed by atoms with Crippen LogP contribution < -0.4 is 5.56 Å². The minimum absolute atomic E-state index is 0.131. The van der Waals surface area contributed by atoms with Gasteiger partial charge in [0.25, 0.3) is 5.56 Å². The molecule has 7 nitrogen and oxygen atoms in total. The minimum atomic E-state index is -0.131. The Morgan fingerprint density at radius 1 is 1.28 bits per heavy atom. The van der Waals surface area contributed by atoms with Crippen LogP contribution in [0.1, 0.15) is 24.1 Å². The third-order valence-corrected chi connectivity index (χ3v) is 5.38. The van der Waals surface area contributed by atoms with Gasteiger partial charge in [0.2, 0.25) is 0 Å². The predicted octanol–water partition coefficient (Wildman–Crippen LogP) is 2.49. The molecule has 1 saturated heterocycles. The molecule has 1 aliphatic heterocycles. The molecule has 0 unspecified atom stereocenters. The quantitative estimate of drug-likeness (QED) is 0.667. The summed E-state index contributed by atoms with van der Waals surface area (Å²) in [6, 6.07) is 11.7. The molecule has 0 amide bonds. The van der Waals surface area contributed by atoms with Gasteiger partial charge in [-0.05, 0) is 31.0 Å². The first-order valence-electron chi connectivity index (χ1n) is 10.1. The Kier molecular flexibility index (Phi) is 6.17. The van der Waals surface area contributed by atoms with E-state index in [-0.39, 0.29) is 5.56 Å². The number of H-pyrrole nitrogens is 1. The highest BCUT2D eigenvalue weighted by Crippen LogP contribution is 2.19. The number of aromatic nitrogens is 4. The first-order chi connectivity index (χ1) is 14.2. The highest BCUT2D eigenvalue weighted by atomic mass is 16.5. The van der Waals surface area contributed by atoms with Crippen LogP contribution in [0.3, 0.4) is 0 Å². The van der Waals surface area contributed by atoms with E-state index in [1.54, 1.807) is 19.4 Å². The molecule has 1 atom stereocenters. The molecule has 2 aromatic heterocycles. The normalized spacial score (nSPS) is 17.5. The molecule has 1 aliphatic rings. The maximum absolute atomic E-state index is 12.1. The number of hydrogen-bond donors (Lipinski definition) is 1. The number of aromatic amines is 1. The zero-order valence-corrected chi connectivity index (χ0v) is 16.8. The van der Waals surface area contributed by atoms with Crippen LogP contribution in [0.15, 0.2) is 53.6 Å². The van der Waals surface area contributed by atoms with Gasteiger partial charge in [-0.3, -0.25) is 14.4 Å². The van der Waals surface area contributed by atoms with Gasteiger partial charge in [0, 0.05) is 57.2 Å². The molecule has 0 bridgehead atoms. The van der Waals surface area contributed by atoms with Crippen LogP contribution in [0, 0.1) is 0 Å². The van der Waals surface area contributed by atoms with E-state index in [0.717, 1.165) is 37.3 Å². The van der Waals surface area contributed by atoms with E-state index in [4.69, 9.17) is 4.74 Å². The van der Waals surface area contributed by atoms with Gasteiger partial charge in [-0.15, -0.1) is 0 Å². The molecule has 29 heavy (non-hydrogen) atoms. The van der Waals surface area contributed by atoms with E-state index in [9.17, 15) is 4.79 Å². The number of nitrogens with one attached hydrogen (secondary N) is 1. The van der Waals surface area contributed by atoms with E-state index in [1.165, 1.54) is 12.0 Å². The van der Waals surface area contributed by atoms with Crippen LogP contribution in [0.25, 0.3) is 11.4 Å². The number of ether oxygens (including phenoxy) is 1. The Morgan fingerprint density at radius 2 is 2.14 bits per heavy atom. The molecule has 152 valence electrons. The summed E-state index contributed by atoms with van der Waals surface area (Å²) in [5.74, 6) is 0.608. The maximum Gasteiger partial charge on any atom is 0.251 e. The largest absolute Gasteiger partial charge is 0.380 e. The fourth-order valence-corrected chi connectivity index (χ4v) is 3.81. The zero-order chi connectivity index (χ0) is 20.1. The number of methoxy groups -OCH3 is 1. The number of rotatable bonds is 7.